The summed E-state index contributed by atoms with van der Waals surface area (Å²) in [5.74, 6) is -0.262. The predicted molar refractivity (Wildman–Crippen MR) is 102 cm³/mol. The molecular weight excluding hydrogens is 363 g/mol. The van der Waals surface area contributed by atoms with Crippen molar-refractivity contribution in [2.45, 2.75) is 12.5 Å². The van der Waals surface area contributed by atoms with Crippen LogP contribution in [-0.2, 0) is 6.42 Å². The second-order valence-corrected chi connectivity index (χ2v) is 7.54. The minimum Gasteiger partial charge on any atom is -0.328 e. The first-order valence-corrected chi connectivity index (χ1v) is 9.63. The molecular formula is C20H19FN4OS. The molecule has 1 amide bonds. The molecule has 3 aromatic rings. The van der Waals surface area contributed by atoms with Crippen LogP contribution in [0.3, 0.4) is 0 Å². The topological polar surface area (TPSA) is 58.1 Å². The summed E-state index contributed by atoms with van der Waals surface area (Å²) in [4.78, 5) is 24.2. The van der Waals surface area contributed by atoms with E-state index in [0.717, 1.165) is 22.7 Å². The molecule has 5 nitrogen and oxygen atoms in total. The Hall–Kier alpha value is -2.64. The first-order chi connectivity index (χ1) is 13.2. The Kier molecular flexibility index (Phi) is 5.22. The monoisotopic (exact) mass is 382 g/mol. The van der Waals surface area contributed by atoms with Gasteiger partial charge in [-0.2, -0.15) is 0 Å². The lowest BCUT2D eigenvalue weighted by molar-refractivity contribution is 0.0639. The van der Waals surface area contributed by atoms with E-state index < -0.39 is 0 Å². The van der Waals surface area contributed by atoms with E-state index in [4.69, 9.17) is 0 Å². The van der Waals surface area contributed by atoms with Crippen LogP contribution in [0.15, 0.2) is 55.0 Å². The summed E-state index contributed by atoms with van der Waals surface area (Å²) >= 11 is 1.40. The van der Waals surface area contributed by atoms with Gasteiger partial charge in [0.25, 0.3) is 5.91 Å². The SMILES string of the molecule is O=C(c1cnc(Cc2ccc(F)cc2)s1)N1CCNCC1c1cccnc1. The Morgan fingerprint density at radius 2 is 2.11 bits per heavy atom. The Labute approximate surface area is 160 Å². The van der Waals surface area contributed by atoms with Gasteiger partial charge < -0.3 is 10.2 Å². The molecule has 3 heterocycles. The van der Waals surface area contributed by atoms with E-state index in [1.807, 2.05) is 23.2 Å². The third-order valence-corrected chi connectivity index (χ3v) is 5.59. The molecule has 2 aromatic heterocycles. The van der Waals surface area contributed by atoms with Crippen molar-refractivity contribution in [3.8, 4) is 0 Å². The van der Waals surface area contributed by atoms with Crippen LogP contribution < -0.4 is 5.32 Å². The lowest BCUT2D eigenvalue weighted by Gasteiger charge is -2.36. The maximum absolute atomic E-state index is 13.1. The molecule has 1 aliphatic heterocycles. The van der Waals surface area contributed by atoms with Crippen LogP contribution in [0, 0.1) is 5.82 Å². The van der Waals surface area contributed by atoms with Crippen LogP contribution >= 0.6 is 11.3 Å². The van der Waals surface area contributed by atoms with Crippen LogP contribution in [0.25, 0.3) is 0 Å². The van der Waals surface area contributed by atoms with E-state index in [9.17, 15) is 9.18 Å². The molecule has 1 aromatic carbocycles. The third-order valence-electron chi connectivity index (χ3n) is 4.61. The molecule has 1 fully saturated rings. The molecule has 1 unspecified atom stereocenters. The first kappa shape index (κ1) is 17.8. The van der Waals surface area contributed by atoms with Crippen LogP contribution in [0.5, 0.6) is 0 Å². The highest BCUT2D eigenvalue weighted by Gasteiger charge is 2.29. The fourth-order valence-electron chi connectivity index (χ4n) is 3.23. The molecule has 1 atom stereocenters. The average molecular weight is 382 g/mol. The normalized spacial score (nSPS) is 17.1. The van der Waals surface area contributed by atoms with Gasteiger partial charge in [-0.15, -0.1) is 11.3 Å². The Morgan fingerprint density at radius 3 is 2.89 bits per heavy atom. The number of carbonyl (C=O) groups is 1. The predicted octanol–water partition coefficient (Wildman–Crippen LogP) is 3.05. The van der Waals surface area contributed by atoms with E-state index in [-0.39, 0.29) is 17.8 Å². The van der Waals surface area contributed by atoms with Crippen molar-refractivity contribution in [1.82, 2.24) is 20.2 Å². The standard InChI is InChI=1S/C20H19FN4OS/c21-16-5-3-14(4-6-16)10-19-24-13-18(27-19)20(26)25-9-8-23-12-17(25)15-2-1-7-22-11-15/h1-7,11,13,17,23H,8-10,12H2. The van der Waals surface area contributed by atoms with Crippen LogP contribution in [-0.4, -0.2) is 40.4 Å². The average Bonchev–Trinajstić information content (AvgIpc) is 3.18. The zero-order valence-electron chi connectivity index (χ0n) is 14.6. The van der Waals surface area contributed by atoms with Gasteiger partial charge in [-0.3, -0.25) is 9.78 Å². The smallest absolute Gasteiger partial charge is 0.266 e. The third kappa shape index (κ3) is 4.04. The van der Waals surface area contributed by atoms with Crippen molar-refractivity contribution in [2.24, 2.45) is 0 Å². The number of amides is 1. The molecule has 4 rings (SSSR count). The molecule has 0 spiro atoms. The first-order valence-electron chi connectivity index (χ1n) is 8.81. The molecule has 0 aliphatic carbocycles. The molecule has 1 saturated heterocycles. The zero-order valence-corrected chi connectivity index (χ0v) is 15.5. The van der Waals surface area contributed by atoms with Gasteiger partial charge >= 0.3 is 0 Å². The van der Waals surface area contributed by atoms with Crippen molar-refractivity contribution >= 4 is 17.2 Å². The summed E-state index contributed by atoms with van der Waals surface area (Å²) < 4.78 is 13.0. The van der Waals surface area contributed by atoms with Crippen molar-refractivity contribution in [1.29, 1.82) is 0 Å². The summed E-state index contributed by atoms with van der Waals surface area (Å²) in [5.41, 5.74) is 1.99. The Bertz CT molecular complexity index is 913. The van der Waals surface area contributed by atoms with Gasteiger partial charge in [0.1, 0.15) is 10.7 Å². The molecule has 0 radical (unpaired) electrons. The van der Waals surface area contributed by atoms with Crippen molar-refractivity contribution in [3.05, 3.63) is 81.8 Å². The van der Waals surface area contributed by atoms with Crippen LogP contribution in [0.4, 0.5) is 4.39 Å². The number of carbonyl (C=O) groups excluding carboxylic acids is 1. The minimum atomic E-state index is -0.256. The number of aromatic nitrogens is 2. The number of nitrogens with one attached hydrogen (secondary N) is 1. The highest BCUT2D eigenvalue weighted by atomic mass is 32.1. The number of piperazine rings is 1. The van der Waals surface area contributed by atoms with Gasteiger partial charge in [-0.05, 0) is 29.3 Å². The van der Waals surface area contributed by atoms with Crippen LogP contribution in [0.1, 0.15) is 31.8 Å². The molecule has 27 heavy (non-hydrogen) atoms. The van der Waals surface area contributed by atoms with Crippen molar-refractivity contribution < 1.29 is 9.18 Å². The molecule has 138 valence electrons. The molecule has 7 heteroatoms. The number of nitrogens with zero attached hydrogens (tertiary/aromatic N) is 3. The lowest BCUT2D eigenvalue weighted by Crippen LogP contribution is -2.48. The fourth-order valence-corrected chi connectivity index (χ4v) is 4.14. The van der Waals surface area contributed by atoms with E-state index in [1.165, 1.54) is 23.5 Å². The van der Waals surface area contributed by atoms with Gasteiger partial charge in [-0.1, -0.05) is 18.2 Å². The maximum atomic E-state index is 13.1. The summed E-state index contributed by atoms with van der Waals surface area (Å²) in [6.07, 6.45) is 5.78. The van der Waals surface area contributed by atoms with Crippen molar-refractivity contribution in [3.63, 3.8) is 0 Å². The van der Waals surface area contributed by atoms with Gasteiger partial charge in [0, 0.05) is 38.4 Å². The lowest BCUT2D eigenvalue weighted by atomic mass is 10.1. The fraction of sp³-hybridized carbons (Fsp3) is 0.250. The van der Waals surface area contributed by atoms with E-state index in [0.29, 0.717) is 24.4 Å². The van der Waals surface area contributed by atoms with E-state index in [2.05, 4.69) is 15.3 Å². The Morgan fingerprint density at radius 1 is 1.26 bits per heavy atom. The maximum Gasteiger partial charge on any atom is 0.266 e. The quantitative estimate of drug-likeness (QED) is 0.754. The van der Waals surface area contributed by atoms with Gasteiger partial charge in [0.05, 0.1) is 17.2 Å². The molecule has 0 saturated carbocycles. The summed E-state index contributed by atoms with van der Waals surface area (Å²) in [5, 5.41) is 4.19. The summed E-state index contributed by atoms with van der Waals surface area (Å²) in [6.45, 7) is 2.12. The largest absolute Gasteiger partial charge is 0.328 e. The van der Waals surface area contributed by atoms with E-state index >= 15 is 0 Å². The van der Waals surface area contributed by atoms with Crippen molar-refractivity contribution in [2.75, 3.05) is 19.6 Å². The number of hydrogen-bond donors (Lipinski definition) is 1. The van der Waals surface area contributed by atoms with Crippen LogP contribution in [0.2, 0.25) is 0 Å². The highest BCUT2D eigenvalue weighted by molar-refractivity contribution is 7.13. The number of thiazole rings is 1. The summed E-state index contributed by atoms with van der Waals surface area (Å²) in [6, 6.07) is 10.2. The summed E-state index contributed by atoms with van der Waals surface area (Å²) in [7, 11) is 0. The van der Waals surface area contributed by atoms with Gasteiger partial charge in [-0.25, -0.2) is 9.37 Å². The highest BCUT2D eigenvalue weighted by Crippen LogP contribution is 2.26. The zero-order chi connectivity index (χ0) is 18.6. The van der Waals surface area contributed by atoms with Gasteiger partial charge in [0.15, 0.2) is 0 Å². The van der Waals surface area contributed by atoms with E-state index in [1.54, 1.807) is 24.5 Å². The number of hydrogen-bond acceptors (Lipinski definition) is 5. The molecule has 0 bridgehead atoms. The van der Waals surface area contributed by atoms with Gasteiger partial charge in [0.2, 0.25) is 0 Å². The molecule has 1 N–H and O–H groups in total. The number of pyridine rings is 1. The second kappa shape index (κ2) is 7.94. The number of rotatable bonds is 4. The minimum absolute atomic E-state index is 0.00629. The number of halogens is 1. The second-order valence-electron chi connectivity index (χ2n) is 6.43. The Balaban J connectivity index is 1.51. The number of benzene rings is 1. The molecule has 1 aliphatic rings.